The number of carbonyl (C=O) groups excluding carboxylic acids is 4. The number of fused-ring (bicyclic) bond motifs is 7. The molecule has 5 aromatic carbocycles. The zero-order valence-electron chi connectivity index (χ0n) is 27.3. The maximum atomic E-state index is 14.1. The van der Waals surface area contributed by atoms with Crippen molar-refractivity contribution < 1.29 is 19.2 Å². The molecule has 0 radical (unpaired) electrons. The van der Waals surface area contributed by atoms with Gasteiger partial charge in [0.05, 0.1) is 35.0 Å². The van der Waals surface area contributed by atoms with Gasteiger partial charge in [0.2, 0.25) is 23.6 Å². The van der Waals surface area contributed by atoms with Gasteiger partial charge >= 0.3 is 0 Å². The lowest BCUT2D eigenvalue weighted by molar-refractivity contribution is -0.124. The second-order valence-electron chi connectivity index (χ2n) is 14.3. The van der Waals surface area contributed by atoms with Gasteiger partial charge in [-0.3, -0.25) is 29.0 Å². The number of imide groups is 2. The second-order valence-corrected chi connectivity index (χ2v) is 14.3. The summed E-state index contributed by atoms with van der Waals surface area (Å²) < 4.78 is 2.30. The summed E-state index contributed by atoms with van der Waals surface area (Å²) in [4.78, 5) is 59.3. The first kappa shape index (κ1) is 29.1. The van der Waals surface area contributed by atoms with E-state index < -0.39 is 23.7 Å². The molecule has 0 spiro atoms. The summed E-state index contributed by atoms with van der Waals surface area (Å²) in [7, 11) is 0. The van der Waals surface area contributed by atoms with E-state index in [0.717, 1.165) is 49.6 Å². The molecule has 4 atom stereocenters. The maximum absolute atomic E-state index is 14.1. The number of amides is 4. The van der Waals surface area contributed by atoms with Crippen LogP contribution in [-0.2, 0) is 51.4 Å². The quantitative estimate of drug-likeness (QED) is 0.199. The minimum absolute atomic E-state index is 0.153. The molecule has 2 saturated heterocycles. The van der Waals surface area contributed by atoms with Crippen molar-refractivity contribution >= 4 is 56.5 Å². The Hall–Kier alpha value is -5.82. The van der Waals surface area contributed by atoms with Crippen LogP contribution in [0.3, 0.4) is 0 Å². The molecule has 2 aliphatic heterocycles. The summed E-state index contributed by atoms with van der Waals surface area (Å²) in [6, 6.07) is 37.6. The topological polar surface area (TPSA) is 79.7 Å². The zero-order valence-corrected chi connectivity index (χ0v) is 27.3. The van der Waals surface area contributed by atoms with Crippen molar-refractivity contribution in [1.82, 2.24) is 4.57 Å². The number of nitrogens with zero attached hydrogens (tertiary/aromatic N) is 3. The molecule has 1 aromatic heterocycles. The van der Waals surface area contributed by atoms with Gasteiger partial charge < -0.3 is 4.57 Å². The Kier molecular flexibility index (Phi) is 6.32. The van der Waals surface area contributed by atoms with Gasteiger partial charge in [-0.2, -0.15) is 0 Å². The third-order valence-corrected chi connectivity index (χ3v) is 11.7. The molecule has 0 unspecified atom stereocenters. The molecule has 4 aliphatic rings. The molecule has 0 N–H and O–H groups in total. The number of hydrogen-bond acceptors (Lipinski definition) is 4. The van der Waals surface area contributed by atoms with Crippen LogP contribution < -0.4 is 9.80 Å². The van der Waals surface area contributed by atoms with Crippen LogP contribution in [0.25, 0.3) is 21.5 Å². The van der Waals surface area contributed by atoms with Crippen LogP contribution in [0.1, 0.15) is 28.1 Å². The smallest absolute Gasteiger partial charge is 0.238 e. The minimum atomic E-state index is -0.467. The van der Waals surface area contributed by atoms with E-state index in [-0.39, 0.29) is 23.6 Å². The van der Waals surface area contributed by atoms with Crippen LogP contribution in [0.5, 0.6) is 0 Å². The average Bonchev–Trinajstić information content (AvgIpc) is 3.68. The van der Waals surface area contributed by atoms with Crippen molar-refractivity contribution in [2.75, 3.05) is 9.80 Å². The van der Waals surface area contributed by atoms with E-state index in [1.54, 1.807) is 0 Å². The second kappa shape index (κ2) is 10.8. The summed E-state index contributed by atoms with van der Waals surface area (Å²) in [5.41, 5.74) is 6.64. The van der Waals surface area contributed by atoms with Gasteiger partial charge in [-0.15, -0.1) is 0 Å². The lowest BCUT2D eigenvalue weighted by Gasteiger charge is -2.25. The lowest BCUT2D eigenvalue weighted by atomic mass is 9.74. The van der Waals surface area contributed by atoms with Gasteiger partial charge in [0.1, 0.15) is 0 Å². The summed E-state index contributed by atoms with van der Waals surface area (Å²) in [6.07, 6.45) is 1.81. The Morgan fingerprint density at radius 2 is 0.840 bits per heavy atom. The predicted octanol–water partition coefficient (Wildman–Crippen LogP) is 6.65. The highest BCUT2D eigenvalue weighted by molar-refractivity contribution is 6.24. The molecule has 4 amide bonds. The normalized spacial score (nSPS) is 22.6. The van der Waals surface area contributed by atoms with E-state index in [2.05, 4.69) is 16.7 Å². The van der Waals surface area contributed by atoms with Gasteiger partial charge in [0.25, 0.3) is 0 Å². The van der Waals surface area contributed by atoms with E-state index in [1.807, 2.05) is 103 Å². The van der Waals surface area contributed by atoms with Crippen molar-refractivity contribution in [1.29, 1.82) is 0 Å². The maximum Gasteiger partial charge on any atom is 0.238 e. The fourth-order valence-electron chi connectivity index (χ4n) is 9.23. The summed E-state index contributed by atoms with van der Waals surface area (Å²) >= 11 is 0. The first-order valence-corrected chi connectivity index (χ1v) is 17.4. The van der Waals surface area contributed by atoms with E-state index in [4.69, 9.17) is 0 Å². The molecular formula is C43H33N3O4. The number of rotatable bonds is 4. The molecule has 7 nitrogen and oxygen atoms in total. The van der Waals surface area contributed by atoms with Crippen LogP contribution >= 0.6 is 0 Å². The first-order chi connectivity index (χ1) is 24.4. The van der Waals surface area contributed by atoms with Gasteiger partial charge in [0.15, 0.2) is 0 Å². The average molecular weight is 656 g/mol. The lowest BCUT2D eigenvalue weighted by Crippen LogP contribution is -2.31. The Balaban J connectivity index is 1.03. The molecule has 2 aliphatic carbocycles. The molecule has 7 heteroatoms. The van der Waals surface area contributed by atoms with Gasteiger partial charge in [-0.25, -0.2) is 0 Å². The van der Waals surface area contributed by atoms with Crippen molar-refractivity contribution in [3.05, 3.63) is 143 Å². The Morgan fingerprint density at radius 3 is 1.30 bits per heavy atom. The SMILES string of the molecule is O=C1[C@H]2Cc3c(c4c(n3Cc3ccccc3)C[C@@H]3C(=O)N(c5ccc6ccccc6c5)C(=O)[C@@H]3C4)C[C@H]2C(=O)N1c1ccc2ccccc2c1. The summed E-state index contributed by atoms with van der Waals surface area (Å²) in [5, 5.41) is 4.07. The van der Waals surface area contributed by atoms with E-state index in [1.165, 1.54) is 9.80 Å². The first-order valence-electron chi connectivity index (χ1n) is 17.4. The molecule has 10 rings (SSSR count). The highest BCUT2D eigenvalue weighted by Crippen LogP contribution is 2.48. The largest absolute Gasteiger partial charge is 0.344 e. The fraction of sp³-hybridized carbons (Fsp3) is 0.209. The molecule has 0 bridgehead atoms. The molecule has 3 heterocycles. The fourth-order valence-corrected chi connectivity index (χ4v) is 9.23. The molecular weight excluding hydrogens is 622 g/mol. The Morgan fingerprint density at radius 1 is 0.440 bits per heavy atom. The monoisotopic (exact) mass is 655 g/mol. The zero-order chi connectivity index (χ0) is 33.7. The van der Waals surface area contributed by atoms with Crippen LogP contribution in [0, 0.1) is 23.7 Å². The van der Waals surface area contributed by atoms with Gasteiger partial charge in [-0.05, 0) is 75.3 Å². The van der Waals surface area contributed by atoms with E-state index in [0.29, 0.717) is 43.6 Å². The number of carbonyl (C=O) groups is 4. The summed E-state index contributed by atoms with van der Waals surface area (Å²) in [5.74, 6) is -2.48. The van der Waals surface area contributed by atoms with Crippen LogP contribution in [-0.4, -0.2) is 28.2 Å². The molecule has 0 saturated carbocycles. The van der Waals surface area contributed by atoms with E-state index in [9.17, 15) is 19.2 Å². The standard InChI is InChI=1S/C43H33N3O4/c47-40-34-20-32-33-21-35-37(43(50)46(41(35)48)31-17-15-27-11-5-7-13-29(27)19-31)23-39(33)44(24-25-8-2-1-3-9-25)38(32)22-36(34)42(49)45(40)30-16-14-26-10-4-6-12-28(26)18-30/h1-19,34-37H,20-24H2/t34-,35-,36+,37+/m1/s1. The highest BCUT2D eigenvalue weighted by Gasteiger charge is 2.55. The summed E-state index contributed by atoms with van der Waals surface area (Å²) in [6.45, 7) is 0.598. The van der Waals surface area contributed by atoms with E-state index >= 15 is 0 Å². The molecule has 2 fully saturated rings. The van der Waals surface area contributed by atoms with Crippen molar-refractivity contribution in [3.8, 4) is 0 Å². The number of anilines is 2. The molecule has 50 heavy (non-hydrogen) atoms. The third-order valence-electron chi connectivity index (χ3n) is 11.7. The van der Waals surface area contributed by atoms with Crippen LogP contribution in [0.2, 0.25) is 0 Å². The Labute approximate surface area is 288 Å². The molecule has 244 valence electrons. The van der Waals surface area contributed by atoms with Crippen molar-refractivity contribution in [2.24, 2.45) is 23.7 Å². The predicted molar refractivity (Wildman–Crippen MR) is 192 cm³/mol. The van der Waals surface area contributed by atoms with Crippen LogP contribution in [0.4, 0.5) is 11.4 Å². The number of hydrogen-bond donors (Lipinski definition) is 0. The highest BCUT2D eigenvalue weighted by atomic mass is 16.2. The number of benzene rings is 5. The van der Waals surface area contributed by atoms with Crippen molar-refractivity contribution in [3.63, 3.8) is 0 Å². The van der Waals surface area contributed by atoms with Crippen molar-refractivity contribution in [2.45, 2.75) is 32.2 Å². The van der Waals surface area contributed by atoms with Gasteiger partial charge in [-0.1, -0.05) is 91.0 Å². The minimum Gasteiger partial charge on any atom is -0.344 e. The number of aromatic nitrogens is 1. The Bertz CT molecular complexity index is 2300. The third kappa shape index (κ3) is 4.22. The van der Waals surface area contributed by atoms with Gasteiger partial charge in [0, 0.05) is 30.8 Å². The molecule has 6 aromatic rings. The van der Waals surface area contributed by atoms with Crippen LogP contribution in [0.15, 0.2) is 115 Å².